The van der Waals surface area contributed by atoms with Crippen molar-refractivity contribution in [1.29, 1.82) is 0 Å². The van der Waals surface area contributed by atoms with Crippen molar-refractivity contribution in [3.8, 4) is 0 Å². The molecule has 2 aliphatic rings. The molecule has 2 rings (SSSR count). The van der Waals surface area contributed by atoms with Crippen molar-refractivity contribution in [2.75, 3.05) is 18.9 Å². The number of carbonyl (C=O) groups excluding carboxylic acids is 1. The molecule has 0 aromatic heterocycles. The molecule has 0 bridgehead atoms. The van der Waals surface area contributed by atoms with Crippen LogP contribution in [0.15, 0.2) is 10.6 Å². The zero-order chi connectivity index (χ0) is 7.84. The molecule has 0 saturated carbocycles. The minimum absolute atomic E-state index is 0.0823. The van der Waals surface area contributed by atoms with Gasteiger partial charge in [0.05, 0.1) is 10.6 Å². The van der Waals surface area contributed by atoms with Crippen LogP contribution in [0.2, 0.25) is 0 Å². The number of thioether (sulfide) groups is 1. The number of fused-ring (bicyclic) bond motifs is 1. The lowest BCUT2D eigenvalue weighted by Crippen LogP contribution is -2.38. The van der Waals surface area contributed by atoms with Crippen LogP contribution in [-0.4, -0.2) is 34.8 Å². The van der Waals surface area contributed by atoms with Crippen LogP contribution in [0.25, 0.3) is 0 Å². The second-order valence-corrected chi connectivity index (χ2v) is 3.65. The average Bonchev–Trinajstić information content (AvgIpc) is 2.44. The van der Waals surface area contributed by atoms with Crippen LogP contribution in [-0.2, 0) is 4.79 Å². The Morgan fingerprint density at radius 3 is 3.18 bits per heavy atom. The normalized spacial score (nSPS) is 22.3. The molecule has 1 fully saturated rings. The first-order valence-electron chi connectivity index (χ1n) is 3.63. The lowest BCUT2D eigenvalue weighted by atomic mass is 10.1. The fourth-order valence-corrected chi connectivity index (χ4v) is 2.54. The Bertz CT molecular complexity index is 237. The molecule has 0 aliphatic carbocycles. The van der Waals surface area contributed by atoms with Crippen LogP contribution in [0.4, 0.5) is 0 Å². The van der Waals surface area contributed by atoms with Gasteiger partial charge in [-0.2, -0.15) is 0 Å². The molecule has 0 radical (unpaired) electrons. The number of carbonyl (C=O) groups is 1. The van der Waals surface area contributed by atoms with Gasteiger partial charge in [0.25, 0.3) is 5.91 Å². The first kappa shape index (κ1) is 7.18. The molecule has 0 unspecified atom stereocenters. The first-order valence-corrected chi connectivity index (χ1v) is 4.62. The summed E-state index contributed by atoms with van der Waals surface area (Å²) in [5.41, 5.74) is 0.829. The monoisotopic (exact) mass is 171 g/mol. The molecule has 3 nitrogen and oxygen atoms in total. The van der Waals surface area contributed by atoms with Gasteiger partial charge in [-0.3, -0.25) is 4.79 Å². The van der Waals surface area contributed by atoms with Crippen molar-refractivity contribution in [2.45, 2.75) is 6.42 Å². The smallest absolute Gasteiger partial charge is 0.257 e. The van der Waals surface area contributed by atoms with E-state index in [0.717, 1.165) is 22.9 Å². The van der Waals surface area contributed by atoms with Crippen LogP contribution < -0.4 is 0 Å². The van der Waals surface area contributed by atoms with Gasteiger partial charge in [0.2, 0.25) is 0 Å². The van der Waals surface area contributed by atoms with Gasteiger partial charge in [0.1, 0.15) is 0 Å². The molecule has 1 saturated heterocycles. The van der Waals surface area contributed by atoms with Crippen LogP contribution in [0.5, 0.6) is 0 Å². The Balaban J connectivity index is 2.18. The maximum atomic E-state index is 11.2. The van der Waals surface area contributed by atoms with Gasteiger partial charge in [-0.05, 0) is 0 Å². The van der Waals surface area contributed by atoms with Crippen LogP contribution in [0, 0.1) is 0 Å². The van der Waals surface area contributed by atoms with E-state index in [2.05, 4.69) is 0 Å². The summed E-state index contributed by atoms with van der Waals surface area (Å²) in [6, 6.07) is 0. The molecule has 2 heterocycles. The third-order valence-corrected chi connectivity index (χ3v) is 3.05. The number of amides is 1. The van der Waals surface area contributed by atoms with E-state index in [1.807, 2.05) is 0 Å². The minimum Gasteiger partial charge on any atom is -0.396 e. The van der Waals surface area contributed by atoms with Crippen molar-refractivity contribution in [3.05, 3.63) is 10.6 Å². The van der Waals surface area contributed by atoms with E-state index in [1.54, 1.807) is 16.7 Å². The van der Waals surface area contributed by atoms with Crippen molar-refractivity contribution >= 4 is 17.7 Å². The minimum atomic E-state index is 0.0823. The summed E-state index contributed by atoms with van der Waals surface area (Å²) in [7, 11) is 0. The topological polar surface area (TPSA) is 40.5 Å². The van der Waals surface area contributed by atoms with Gasteiger partial charge in [-0.1, -0.05) is 0 Å². The molecule has 2 aliphatic heterocycles. The Morgan fingerprint density at radius 1 is 1.64 bits per heavy atom. The highest BCUT2D eigenvalue weighted by Crippen LogP contribution is 2.40. The van der Waals surface area contributed by atoms with Crippen LogP contribution >= 0.6 is 11.8 Å². The van der Waals surface area contributed by atoms with E-state index in [1.165, 1.54) is 0 Å². The zero-order valence-corrected chi connectivity index (χ0v) is 6.86. The predicted octanol–water partition coefficient (Wildman–Crippen LogP) is 0.169. The summed E-state index contributed by atoms with van der Waals surface area (Å²) in [5.74, 6) is 1.13. The van der Waals surface area contributed by atoms with Gasteiger partial charge in [0, 0.05) is 25.3 Å². The second kappa shape index (κ2) is 2.53. The summed E-state index contributed by atoms with van der Waals surface area (Å²) < 4.78 is 0. The van der Waals surface area contributed by atoms with Gasteiger partial charge < -0.3 is 10.0 Å². The summed E-state index contributed by atoms with van der Waals surface area (Å²) in [5, 5.41) is 9.73. The summed E-state index contributed by atoms with van der Waals surface area (Å²) in [6.45, 7) is 0.937. The van der Waals surface area contributed by atoms with Crippen LogP contribution in [0.3, 0.4) is 0 Å². The van der Waals surface area contributed by atoms with Gasteiger partial charge in [-0.25, -0.2) is 0 Å². The Morgan fingerprint density at radius 2 is 2.45 bits per heavy atom. The van der Waals surface area contributed by atoms with Crippen molar-refractivity contribution in [3.63, 3.8) is 0 Å². The Hall–Kier alpha value is -0.480. The van der Waals surface area contributed by atoms with E-state index in [0.29, 0.717) is 6.42 Å². The maximum Gasteiger partial charge on any atom is 0.257 e. The number of hydrogen-bond acceptors (Lipinski definition) is 3. The van der Waals surface area contributed by atoms with E-state index < -0.39 is 0 Å². The molecule has 4 heteroatoms. The first-order chi connectivity index (χ1) is 5.34. The molecule has 1 amide bonds. The highest BCUT2D eigenvalue weighted by atomic mass is 32.2. The third-order valence-electron chi connectivity index (χ3n) is 1.92. The standard InChI is InChI=1S/C7H9NO2S/c9-3-1-5-6(10)8-2-4-11-7(5)8/h9H,1-4H2. The largest absolute Gasteiger partial charge is 0.396 e. The number of nitrogens with zero attached hydrogens (tertiary/aromatic N) is 1. The van der Waals surface area contributed by atoms with Crippen LogP contribution in [0.1, 0.15) is 6.42 Å². The van der Waals surface area contributed by atoms with Gasteiger partial charge in [-0.15, -0.1) is 11.8 Å². The number of rotatable bonds is 2. The maximum absolute atomic E-state index is 11.2. The van der Waals surface area contributed by atoms with Gasteiger partial charge >= 0.3 is 0 Å². The van der Waals surface area contributed by atoms with Gasteiger partial charge in [0.15, 0.2) is 0 Å². The number of hydrogen-bond donors (Lipinski definition) is 1. The highest BCUT2D eigenvalue weighted by Gasteiger charge is 2.38. The fraction of sp³-hybridized carbons (Fsp3) is 0.571. The third kappa shape index (κ3) is 0.895. The quantitative estimate of drug-likeness (QED) is 0.644. The molecular formula is C7H9NO2S. The summed E-state index contributed by atoms with van der Waals surface area (Å²) in [6.07, 6.45) is 0.525. The Kier molecular flexibility index (Phi) is 1.65. The van der Waals surface area contributed by atoms with E-state index in [9.17, 15) is 4.79 Å². The lowest BCUT2D eigenvalue weighted by Gasteiger charge is -2.29. The van der Waals surface area contributed by atoms with E-state index >= 15 is 0 Å². The number of aliphatic hydroxyl groups is 1. The second-order valence-electron chi connectivity index (χ2n) is 2.56. The zero-order valence-electron chi connectivity index (χ0n) is 6.04. The molecule has 0 aromatic carbocycles. The van der Waals surface area contributed by atoms with E-state index in [-0.39, 0.29) is 12.5 Å². The SMILES string of the molecule is O=C1C(CCO)=C2SCCN12. The molecular weight excluding hydrogens is 162 g/mol. The predicted molar refractivity (Wildman–Crippen MR) is 42.9 cm³/mol. The lowest BCUT2D eigenvalue weighted by molar-refractivity contribution is -0.127. The molecule has 60 valence electrons. The van der Waals surface area contributed by atoms with Crippen molar-refractivity contribution in [1.82, 2.24) is 4.90 Å². The van der Waals surface area contributed by atoms with E-state index in [4.69, 9.17) is 5.11 Å². The van der Waals surface area contributed by atoms with Crippen molar-refractivity contribution in [2.24, 2.45) is 0 Å². The molecule has 0 aromatic rings. The highest BCUT2D eigenvalue weighted by molar-refractivity contribution is 8.03. The summed E-state index contributed by atoms with van der Waals surface area (Å²) in [4.78, 5) is 13.0. The average molecular weight is 171 g/mol. The molecule has 11 heavy (non-hydrogen) atoms. The summed E-state index contributed by atoms with van der Waals surface area (Å²) >= 11 is 1.72. The fourth-order valence-electron chi connectivity index (χ4n) is 1.38. The molecule has 0 spiro atoms. The molecule has 1 N–H and O–H groups in total. The molecule has 0 atom stereocenters. The number of aliphatic hydroxyl groups excluding tert-OH is 1. The Labute approximate surface area is 69.1 Å². The van der Waals surface area contributed by atoms with Crippen molar-refractivity contribution < 1.29 is 9.90 Å².